The maximum Gasteiger partial charge on any atom is 0.255 e. The number of hydrogen-bond donors (Lipinski definition) is 2. The van der Waals surface area contributed by atoms with Gasteiger partial charge in [-0.15, -0.1) is 0 Å². The molecule has 132 valence electrons. The van der Waals surface area contributed by atoms with Gasteiger partial charge in [-0.1, -0.05) is 12.5 Å². The minimum atomic E-state index is -3.57. The smallest absolute Gasteiger partial charge is 0.255 e. The first-order valence-electron chi connectivity index (χ1n) is 8.10. The van der Waals surface area contributed by atoms with Gasteiger partial charge in [-0.25, -0.2) is 13.4 Å². The standard InChI is InChI=1S/C17H20N4O3S/c18-16-8-7-14(12-19-16)20-17(22)13-5-4-6-15(11-13)25(23,24)21-9-2-1-3-10-21/h4-8,11-12H,1-3,9-10H2,(H2,18,19)(H,20,22). The number of anilines is 2. The van der Waals surface area contributed by atoms with E-state index in [9.17, 15) is 13.2 Å². The summed E-state index contributed by atoms with van der Waals surface area (Å²) < 4.78 is 26.9. The van der Waals surface area contributed by atoms with E-state index in [2.05, 4.69) is 10.3 Å². The van der Waals surface area contributed by atoms with Gasteiger partial charge in [0.05, 0.1) is 16.8 Å². The van der Waals surface area contributed by atoms with Crippen molar-refractivity contribution < 1.29 is 13.2 Å². The second-order valence-corrected chi connectivity index (χ2v) is 7.86. The molecule has 0 atom stereocenters. The summed E-state index contributed by atoms with van der Waals surface area (Å²) in [6.07, 6.45) is 4.22. The largest absolute Gasteiger partial charge is 0.384 e. The van der Waals surface area contributed by atoms with Crippen LogP contribution in [0.2, 0.25) is 0 Å². The van der Waals surface area contributed by atoms with E-state index < -0.39 is 15.9 Å². The molecule has 0 bridgehead atoms. The first-order valence-corrected chi connectivity index (χ1v) is 9.54. The molecule has 0 saturated carbocycles. The van der Waals surface area contributed by atoms with Crippen LogP contribution in [-0.4, -0.2) is 36.7 Å². The van der Waals surface area contributed by atoms with Gasteiger partial charge >= 0.3 is 0 Å². The summed E-state index contributed by atoms with van der Waals surface area (Å²) in [4.78, 5) is 16.4. The van der Waals surface area contributed by atoms with Gasteiger partial charge in [0.1, 0.15) is 5.82 Å². The molecule has 1 aromatic heterocycles. The van der Waals surface area contributed by atoms with Crippen LogP contribution in [0, 0.1) is 0 Å². The third kappa shape index (κ3) is 3.97. The number of piperidine rings is 1. The number of benzene rings is 1. The lowest BCUT2D eigenvalue weighted by atomic mass is 10.2. The molecule has 25 heavy (non-hydrogen) atoms. The number of nitrogens with two attached hydrogens (primary N) is 1. The summed E-state index contributed by atoms with van der Waals surface area (Å²) in [5.74, 6) is -0.0464. The zero-order chi connectivity index (χ0) is 17.9. The van der Waals surface area contributed by atoms with Gasteiger partial charge in [0.25, 0.3) is 5.91 Å². The summed E-state index contributed by atoms with van der Waals surface area (Å²) in [6.45, 7) is 1.05. The molecule has 1 amide bonds. The van der Waals surface area contributed by atoms with Crippen LogP contribution in [-0.2, 0) is 10.0 Å². The third-order valence-corrected chi connectivity index (χ3v) is 5.99. The molecule has 3 rings (SSSR count). The molecular weight excluding hydrogens is 340 g/mol. The normalized spacial score (nSPS) is 15.7. The van der Waals surface area contributed by atoms with Crippen LogP contribution in [0.25, 0.3) is 0 Å². The van der Waals surface area contributed by atoms with Crippen LogP contribution in [0.4, 0.5) is 11.5 Å². The minimum Gasteiger partial charge on any atom is -0.384 e. The van der Waals surface area contributed by atoms with Crippen LogP contribution < -0.4 is 11.1 Å². The first-order chi connectivity index (χ1) is 12.0. The molecule has 1 saturated heterocycles. The molecule has 0 radical (unpaired) electrons. The molecule has 1 fully saturated rings. The number of sulfonamides is 1. The summed E-state index contributed by atoms with van der Waals surface area (Å²) in [7, 11) is -3.57. The van der Waals surface area contributed by atoms with Gasteiger partial charge in [-0.05, 0) is 43.2 Å². The van der Waals surface area contributed by atoms with E-state index >= 15 is 0 Å². The highest BCUT2D eigenvalue weighted by Gasteiger charge is 2.26. The van der Waals surface area contributed by atoms with Crippen LogP contribution in [0.1, 0.15) is 29.6 Å². The highest BCUT2D eigenvalue weighted by Crippen LogP contribution is 2.21. The van der Waals surface area contributed by atoms with Crippen molar-refractivity contribution in [3.63, 3.8) is 0 Å². The SMILES string of the molecule is Nc1ccc(NC(=O)c2cccc(S(=O)(=O)N3CCCCC3)c2)cn1. The van der Waals surface area contributed by atoms with Gasteiger partial charge in [0.15, 0.2) is 0 Å². The van der Waals surface area contributed by atoms with Crippen molar-refractivity contribution in [1.29, 1.82) is 0 Å². The van der Waals surface area contributed by atoms with Crippen molar-refractivity contribution in [1.82, 2.24) is 9.29 Å². The van der Waals surface area contributed by atoms with Crippen LogP contribution in [0.3, 0.4) is 0 Å². The van der Waals surface area contributed by atoms with Crippen molar-refractivity contribution in [2.24, 2.45) is 0 Å². The second-order valence-electron chi connectivity index (χ2n) is 5.92. The van der Waals surface area contributed by atoms with Gasteiger partial charge < -0.3 is 11.1 Å². The topological polar surface area (TPSA) is 105 Å². The lowest BCUT2D eigenvalue weighted by Gasteiger charge is -2.26. The molecule has 0 unspecified atom stereocenters. The highest BCUT2D eigenvalue weighted by molar-refractivity contribution is 7.89. The number of aromatic nitrogens is 1. The maximum atomic E-state index is 12.7. The number of rotatable bonds is 4. The van der Waals surface area contributed by atoms with Crippen molar-refractivity contribution in [2.45, 2.75) is 24.2 Å². The second kappa shape index (κ2) is 7.20. The fraction of sp³-hybridized carbons (Fsp3) is 0.294. The van der Waals surface area contributed by atoms with Crippen LogP contribution in [0.15, 0.2) is 47.5 Å². The monoisotopic (exact) mass is 360 g/mol. The Labute approximate surface area is 146 Å². The lowest BCUT2D eigenvalue weighted by Crippen LogP contribution is -2.35. The third-order valence-electron chi connectivity index (χ3n) is 4.09. The number of hydrogen-bond acceptors (Lipinski definition) is 5. The van der Waals surface area contributed by atoms with Crippen molar-refractivity contribution in [3.05, 3.63) is 48.2 Å². The Hall–Kier alpha value is -2.45. The Morgan fingerprint density at radius 2 is 1.88 bits per heavy atom. The first kappa shape index (κ1) is 17.4. The molecule has 1 aromatic carbocycles. The van der Waals surface area contributed by atoms with Gasteiger partial charge in [-0.2, -0.15) is 4.31 Å². The Morgan fingerprint density at radius 1 is 1.12 bits per heavy atom. The predicted molar refractivity (Wildman–Crippen MR) is 95.7 cm³/mol. The van der Waals surface area contributed by atoms with E-state index in [1.807, 2.05) is 0 Å². The number of nitrogen functional groups attached to an aromatic ring is 1. The Kier molecular flexibility index (Phi) is 5.00. The summed E-state index contributed by atoms with van der Waals surface area (Å²) >= 11 is 0. The Balaban J connectivity index is 1.80. The van der Waals surface area contributed by atoms with Crippen molar-refractivity contribution in [3.8, 4) is 0 Å². The van der Waals surface area contributed by atoms with Crippen molar-refractivity contribution >= 4 is 27.4 Å². The maximum absolute atomic E-state index is 12.7. The predicted octanol–water partition coefficient (Wildman–Crippen LogP) is 2.09. The zero-order valence-electron chi connectivity index (χ0n) is 13.7. The van der Waals surface area contributed by atoms with E-state index in [-0.39, 0.29) is 10.5 Å². The van der Waals surface area contributed by atoms with E-state index in [1.54, 1.807) is 24.3 Å². The molecule has 1 aliphatic rings. The number of carbonyl (C=O) groups is 1. The van der Waals surface area contributed by atoms with Gasteiger partial charge in [-0.3, -0.25) is 4.79 Å². The number of nitrogens with zero attached hydrogens (tertiary/aromatic N) is 2. The number of nitrogens with one attached hydrogen (secondary N) is 1. The summed E-state index contributed by atoms with van der Waals surface area (Å²) in [5, 5.41) is 2.68. The fourth-order valence-corrected chi connectivity index (χ4v) is 4.30. The average molecular weight is 360 g/mol. The summed E-state index contributed by atoms with van der Waals surface area (Å²) in [5.41, 5.74) is 6.27. The fourth-order valence-electron chi connectivity index (χ4n) is 2.73. The summed E-state index contributed by atoms with van der Waals surface area (Å²) in [6, 6.07) is 9.29. The quantitative estimate of drug-likeness (QED) is 0.868. The zero-order valence-corrected chi connectivity index (χ0v) is 14.5. The van der Waals surface area contributed by atoms with E-state index in [0.29, 0.717) is 24.6 Å². The van der Waals surface area contributed by atoms with Crippen molar-refractivity contribution in [2.75, 3.05) is 24.1 Å². The van der Waals surface area contributed by atoms with Gasteiger partial charge in [0.2, 0.25) is 10.0 Å². The Morgan fingerprint density at radius 3 is 2.56 bits per heavy atom. The van der Waals surface area contributed by atoms with Gasteiger partial charge in [0, 0.05) is 18.7 Å². The van der Waals surface area contributed by atoms with Crippen LogP contribution >= 0.6 is 0 Å². The molecule has 3 N–H and O–H groups in total. The molecular formula is C17H20N4O3S. The molecule has 2 heterocycles. The average Bonchev–Trinajstić information content (AvgIpc) is 2.64. The van der Waals surface area contributed by atoms with E-state index in [1.165, 1.54) is 22.6 Å². The molecule has 2 aromatic rings. The van der Waals surface area contributed by atoms with E-state index in [0.717, 1.165) is 19.3 Å². The molecule has 7 nitrogen and oxygen atoms in total. The van der Waals surface area contributed by atoms with Crippen LogP contribution in [0.5, 0.6) is 0 Å². The van der Waals surface area contributed by atoms with E-state index in [4.69, 9.17) is 5.73 Å². The highest BCUT2D eigenvalue weighted by atomic mass is 32.2. The Bertz CT molecular complexity index is 860. The molecule has 8 heteroatoms. The number of carbonyl (C=O) groups excluding carboxylic acids is 1. The molecule has 0 spiro atoms. The molecule has 0 aliphatic carbocycles. The lowest BCUT2D eigenvalue weighted by molar-refractivity contribution is 0.102. The minimum absolute atomic E-state index is 0.137. The molecule has 1 aliphatic heterocycles. The number of amides is 1. The number of pyridine rings is 1.